The summed E-state index contributed by atoms with van der Waals surface area (Å²) in [5.74, 6) is 0.281. The Morgan fingerprint density at radius 2 is 2.15 bits per heavy atom. The van der Waals surface area contributed by atoms with Crippen molar-refractivity contribution in [3.05, 3.63) is 59.2 Å². The zero-order valence-corrected chi connectivity index (χ0v) is 15.2. The minimum atomic E-state index is -0.223. The Kier molecular flexibility index (Phi) is 6.30. The molecule has 26 heavy (non-hydrogen) atoms. The third-order valence-corrected chi connectivity index (χ3v) is 4.36. The van der Waals surface area contributed by atoms with E-state index in [1.165, 1.54) is 31.3 Å². The maximum atomic E-state index is 12.4. The molecule has 136 valence electrons. The smallest absolute Gasteiger partial charge is 0.270 e. The largest absolute Gasteiger partial charge is 0.354 e. The molecule has 0 atom stereocenters. The number of pyridine rings is 1. The lowest BCUT2D eigenvalue weighted by Crippen LogP contribution is -2.25. The van der Waals surface area contributed by atoms with Gasteiger partial charge in [-0.15, -0.1) is 0 Å². The molecule has 2 N–H and O–H groups in total. The highest BCUT2D eigenvalue weighted by Gasteiger charge is 2.11. The van der Waals surface area contributed by atoms with E-state index >= 15 is 0 Å². The fourth-order valence-corrected chi connectivity index (χ4v) is 2.99. The van der Waals surface area contributed by atoms with Gasteiger partial charge < -0.3 is 10.6 Å². The molecule has 0 radical (unpaired) electrons. The first-order chi connectivity index (χ1) is 12.7. The van der Waals surface area contributed by atoms with E-state index < -0.39 is 0 Å². The Labute approximate surface area is 154 Å². The van der Waals surface area contributed by atoms with Crippen LogP contribution < -0.4 is 10.6 Å². The molecule has 0 saturated heterocycles. The molecule has 1 aliphatic rings. The van der Waals surface area contributed by atoms with Gasteiger partial charge in [-0.3, -0.25) is 9.78 Å². The summed E-state index contributed by atoms with van der Waals surface area (Å²) in [6.45, 7) is 3.02. The lowest BCUT2D eigenvalue weighted by Gasteiger charge is -2.13. The van der Waals surface area contributed by atoms with Gasteiger partial charge in [-0.2, -0.15) is 0 Å². The summed E-state index contributed by atoms with van der Waals surface area (Å²) < 4.78 is 0. The van der Waals surface area contributed by atoms with Crippen molar-refractivity contribution in [2.75, 3.05) is 11.9 Å². The second kappa shape index (κ2) is 9.08. The second-order valence-electron chi connectivity index (χ2n) is 6.51. The highest BCUT2D eigenvalue weighted by Crippen LogP contribution is 2.19. The van der Waals surface area contributed by atoms with Crippen LogP contribution in [0.2, 0.25) is 0 Å². The molecule has 0 aromatic carbocycles. The van der Waals surface area contributed by atoms with Crippen LogP contribution in [0.4, 0.5) is 5.95 Å². The number of aryl methyl sites for hydroxylation is 1. The average molecular weight is 351 g/mol. The number of anilines is 1. The van der Waals surface area contributed by atoms with E-state index in [4.69, 9.17) is 0 Å². The van der Waals surface area contributed by atoms with E-state index in [-0.39, 0.29) is 5.91 Å². The number of carbonyl (C=O) groups excluding carboxylic acids is 1. The van der Waals surface area contributed by atoms with E-state index in [1.54, 1.807) is 12.3 Å². The van der Waals surface area contributed by atoms with Gasteiger partial charge in [0.2, 0.25) is 5.95 Å². The van der Waals surface area contributed by atoms with Crippen LogP contribution in [0.25, 0.3) is 0 Å². The minimum absolute atomic E-state index is 0.223. The summed E-state index contributed by atoms with van der Waals surface area (Å²) in [6.07, 6.45) is 10.0. The molecule has 0 aliphatic heterocycles. The quantitative estimate of drug-likeness (QED) is 0.747. The van der Waals surface area contributed by atoms with Crippen molar-refractivity contribution in [3.63, 3.8) is 0 Å². The van der Waals surface area contributed by atoms with E-state index in [1.807, 2.05) is 25.1 Å². The van der Waals surface area contributed by atoms with Crippen LogP contribution in [0.5, 0.6) is 0 Å². The highest BCUT2D eigenvalue weighted by atomic mass is 16.1. The van der Waals surface area contributed by atoms with Crippen molar-refractivity contribution in [2.24, 2.45) is 0 Å². The Bertz CT molecular complexity index is 773. The summed E-state index contributed by atoms with van der Waals surface area (Å²) in [5, 5.41) is 6.10. The summed E-state index contributed by atoms with van der Waals surface area (Å²) in [6, 6.07) is 7.31. The first-order valence-corrected chi connectivity index (χ1v) is 9.16. The number of aromatic nitrogens is 3. The standard InChI is InChI=1S/C20H25N5O/c1-15-13-18(19(26)23-14-17-9-5-6-11-21-17)25-20(24-15)22-12-10-16-7-3-2-4-8-16/h5-7,9,11,13H,2-4,8,10,12,14H2,1H3,(H,23,26)(H,22,24,25). The Morgan fingerprint density at radius 1 is 1.23 bits per heavy atom. The average Bonchev–Trinajstić information content (AvgIpc) is 2.67. The van der Waals surface area contributed by atoms with Crippen LogP contribution in [0, 0.1) is 6.92 Å². The van der Waals surface area contributed by atoms with Crippen molar-refractivity contribution in [2.45, 2.75) is 45.6 Å². The molecular weight excluding hydrogens is 326 g/mol. The minimum Gasteiger partial charge on any atom is -0.354 e. The lowest BCUT2D eigenvalue weighted by molar-refractivity contribution is 0.0945. The fourth-order valence-electron chi connectivity index (χ4n) is 2.99. The van der Waals surface area contributed by atoms with Gasteiger partial charge >= 0.3 is 0 Å². The van der Waals surface area contributed by atoms with Crippen LogP contribution >= 0.6 is 0 Å². The molecule has 3 rings (SSSR count). The van der Waals surface area contributed by atoms with Gasteiger partial charge in [-0.05, 0) is 57.2 Å². The molecule has 2 aromatic heterocycles. The van der Waals surface area contributed by atoms with E-state index in [0.717, 1.165) is 24.4 Å². The third-order valence-electron chi connectivity index (χ3n) is 4.36. The van der Waals surface area contributed by atoms with Crippen molar-refractivity contribution < 1.29 is 4.79 Å². The molecule has 0 bridgehead atoms. The summed E-state index contributed by atoms with van der Waals surface area (Å²) in [4.78, 5) is 25.3. The topological polar surface area (TPSA) is 79.8 Å². The molecule has 0 fully saturated rings. The van der Waals surface area contributed by atoms with Crippen LogP contribution in [-0.2, 0) is 6.54 Å². The fraction of sp³-hybridized carbons (Fsp3) is 0.400. The lowest BCUT2D eigenvalue weighted by atomic mass is 9.97. The van der Waals surface area contributed by atoms with Gasteiger partial charge in [0.05, 0.1) is 12.2 Å². The molecule has 0 saturated carbocycles. The highest BCUT2D eigenvalue weighted by molar-refractivity contribution is 5.92. The van der Waals surface area contributed by atoms with Crippen molar-refractivity contribution in [1.82, 2.24) is 20.3 Å². The molecule has 6 heteroatoms. The predicted molar refractivity (Wildman–Crippen MR) is 102 cm³/mol. The maximum absolute atomic E-state index is 12.4. The number of hydrogen-bond acceptors (Lipinski definition) is 5. The monoisotopic (exact) mass is 351 g/mol. The molecular formula is C20H25N5O. The van der Waals surface area contributed by atoms with Crippen LogP contribution in [-0.4, -0.2) is 27.4 Å². The van der Waals surface area contributed by atoms with Crippen molar-refractivity contribution >= 4 is 11.9 Å². The van der Waals surface area contributed by atoms with E-state index in [2.05, 4.69) is 31.7 Å². The molecule has 2 aromatic rings. The maximum Gasteiger partial charge on any atom is 0.270 e. The van der Waals surface area contributed by atoms with Gasteiger partial charge in [-0.25, -0.2) is 9.97 Å². The van der Waals surface area contributed by atoms with Gasteiger partial charge in [0.1, 0.15) is 5.69 Å². The second-order valence-corrected chi connectivity index (χ2v) is 6.51. The number of allylic oxidation sites excluding steroid dienone is 1. The van der Waals surface area contributed by atoms with Gasteiger partial charge in [-0.1, -0.05) is 17.7 Å². The molecule has 6 nitrogen and oxygen atoms in total. The molecule has 2 heterocycles. The number of carbonyl (C=O) groups is 1. The van der Waals surface area contributed by atoms with Crippen LogP contribution in [0.1, 0.15) is 54.0 Å². The SMILES string of the molecule is Cc1cc(C(=O)NCc2ccccn2)nc(NCCC2=CCCCC2)n1. The normalized spacial score (nSPS) is 13.8. The first-order valence-electron chi connectivity index (χ1n) is 9.16. The number of hydrogen-bond donors (Lipinski definition) is 2. The first kappa shape index (κ1) is 18.0. The number of nitrogens with one attached hydrogen (secondary N) is 2. The number of rotatable bonds is 7. The summed E-state index contributed by atoms with van der Waals surface area (Å²) >= 11 is 0. The predicted octanol–water partition coefficient (Wildman–Crippen LogP) is 3.41. The molecule has 0 spiro atoms. The molecule has 0 unspecified atom stereocenters. The van der Waals surface area contributed by atoms with Crippen molar-refractivity contribution in [1.29, 1.82) is 0 Å². The molecule has 1 amide bonds. The van der Waals surface area contributed by atoms with E-state index in [9.17, 15) is 4.79 Å². The Hall–Kier alpha value is -2.76. The van der Waals surface area contributed by atoms with Crippen LogP contribution in [0.3, 0.4) is 0 Å². The summed E-state index contributed by atoms with van der Waals surface area (Å²) in [7, 11) is 0. The molecule has 1 aliphatic carbocycles. The zero-order valence-electron chi connectivity index (χ0n) is 15.2. The van der Waals surface area contributed by atoms with Gasteiger partial charge in [0, 0.05) is 18.4 Å². The Morgan fingerprint density at radius 3 is 2.92 bits per heavy atom. The summed E-state index contributed by atoms with van der Waals surface area (Å²) in [5.41, 5.74) is 3.45. The van der Waals surface area contributed by atoms with Crippen LogP contribution in [0.15, 0.2) is 42.1 Å². The zero-order chi connectivity index (χ0) is 18.2. The van der Waals surface area contributed by atoms with Gasteiger partial charge in [0.15, 0.2) is 0 Å². The van der Waals surface area contributed by atoms with E-state index in [0.29, 0.717) is 18.2 Å². The van der Waals surface area contributed by atoms with Crippen molar-refractivity contribution in [3.8, 4) is 0 Å². The Balaban J connectivity index is 1.56. The number of amides is 1. The number of nitrogens with zero attached hydrogens (tertiary/aromatic N) is 3. The van der Waals surface area contributed by atoms with Gasteiger partial charge in [0.25, 0.3) is 5.91 Å². The third kappa shape index (κ3) is 5.37.